The van der Waals surface area contributed by atoms with Crippen molar-refractivity contribution in [2.45, 2.75) is 70.2 Å². The average molecular weight is 308 g/mol. The van der Waals surface area contributed by atoms with Crippen LogP contribution in [0, 0.1) is 0 Å². The maximum absolute atomic E-state index is 6.53. The van der Waals surface area contributed by atoms with Gasteiger partial charge in [-0.3, -0.25) is 0 Å². The van der Waals surface area contributed by atoms with Gasteiger partial charge in [-0.1, -0.05) is 20.8 Å². The zero-order valence-electron chi connectivity index (χ0n) is 13.9. The van der Waals surface area contributed by atoms with Gasteiger partial charge in [0.15, 0.2) is 8.32 Å². The van der Waals surface area contributed by atoms with Crippen molar-refractivity contribution >= 4 is 19.8 Å². The molecule has 0 amide bonds. The standard InChI is InChI=1S/C16H29N3OSi/c1-16(2,3)21(4,5)20-13-7-6-11(8-13)14-9-12(17)10-19-15(14)18/h9-11,13H,6-8,17H2,1-5H3,(H2,18,19)/t11-,13-/m0/s1. The van der Waals surface area contributed by atoms with Crippen LogP contribution in [0.5, 0.6) is 0 Å². The van der Waals surface area contributed by atoms with Gasteiger partial charge in [0, 0.05) is 6.10 Å². The normalized spacial score (nSPS) is 23.5. The number of aromatic nitrogens is 1. The Morgan fingerprint density at radius 3 is 2.52 bits per heavy atom. The fourth-order valence-electron chi connectivity index (χ4n) is 2.76. The summed E-state index contributed by atoms with van der Waals surface area (Å²) in [5, 5.41) is 0.253. The van der Waals surface area contributed by atoms with Gasteiger partial charge in [0.2, 0.25) is 0 Å². The molecule has 1 aliphatic carbocycles. The molecule has 1 aliphatic rings. The van der Waals surface area contributed by atoms with E-state index in [-0.39, 0.29) is 5.04 Å². The third-order valence-electron chi connectivity index (χ3n) is 5.06. The van der Waals surface area contributed by atoms with Crippen molar-refractivity contribution in [3.8, 4) is 0 Å². The molecule has 21 heavy (non-hydrogen) atoms. The van der Waals surface area contributed by atoms with Crippen molar-refractivity contribution in [1.29, 1.82) is 0 Å². The highest BCUT2D eigenvalue weighted by atomic mass is 28.4. The number of nitrogens with zero attached hydrogens (tertiary/aromatic N) is 1. The minimum absolute atomic E-state index is 0.253. The monoisotopic (exact) mass is 307 g/mol. The molecule has 4 nitrogen and oxygen atoms in total. The number of hydrogen-bond donors (Lipinski definition) is 2. The highest BCUT2D eigenvalue weighted by Gasteiger charge is 2.41. The van der Waals surface area contributed by atoms with Crippen LogP contribution in [-0.4, -0.2) is 19.4 Å². The first-order valence-electron chi connectivity index (χ1n) is 7.79. The lowest BCUT2D eigenvalue weighted by Gasteiger charge is -2.38. The summed E-state index contributed by atoms with van der Waals surface area (Å²) in [4.78, 5) is 4.18. The minimum Gasteiger partial charge on any atom is -0.414 e. The Bertz CT molecular complexity index is 511. The van der Waals surface area contributed by atoms with E-state index in [0.29, 0.717) is 23.5 Å². The van der Waals surface area contributed by atoms with E-state index >= 15 is 0 Å². The Labute approximate surface area is 129 Å². The first-order chi connectivity index (χ1) is 9.60. The van der Waals surface area contributed by atoms with Crippen molar-refractivity contribution in [1.82, 2.24) is 4.98 Å². The maximum Gasteiger partial charge on any atom is 0.192 e. The molecule has 1 heterocycles. The van der Waals surface area contributed by atoms with Crippen molar-refractivity contribution < 1.29 is 4.43 Å². The van der Waals surface area contributed by atoms with E-state index in [1.54, 1.807) is 6.20 Å². The number of hydrogen-bond acceptors (Lipinski definition) is 4. The van der Waals surface area contributed by atoms with Gasteiger partial charge < -0.3 is 15.9 Å². The molecule has 0 unspecified atom stereocenters. The van der Waals surface area contributed by atoms with Crippen molar-refractivity contribution in [2.75, 3.05) is 11.5 Å². The van der Waals surface area contributed by atoms with Crippen LogP contribution in [0.4, 0.5) is 11.5 Å². The van der Waals surface area contributed by atoms with E-state index in [1.165, 1.54) is 0 Å². The van der Waals surface area contributed by atoms with E-state index in [4.69, 9.17) is 15.9 Å². The summed E-state index contributed by atoms with van der Waals surface area (Å²) in [6.07, 6.45) is 5.20. The molecule has 1 saturated carbocycles. The Morgan fingerprint density at radius 1 is 1.24 bits per heavy atom. The molecule has 4 N–H and O–H groups in total. The van der Waals surface area contributed by atoms with Crippen molar-refractivity contribution in [3.05, 3.63) is 17.8 Å². The predicted octanol–water partition coefficient (Wildman–Crippen LogP) is 3.90. The van der Waals surface area contributed by atoms with Crippen LogP contribution in [-0.2, 0) is 4.43 Å². The zero-order valence-corrected chi connectivity index (χ0v) is 14.9. The Hall–Kier alpha value is -1.07. The average Bonchev–Trinajstić information content (AvgIpc) is 2.78. The van der Waals surface area contributed by atoms with Crippen LogP contribution in [0.3, 0.4) is 0 Å². The van der Waals surface area contributed by atoms with Gasteiger partial charge in [-0.15, -0.1) is 0 Å². The summed E-state index contributed by atoms with van der Waals surface area (Å²) in [7, 11) is -1.70. The third kappa shape index (κ3) is 3.58. The van der Waals surface area contributed by atoms with Gasteiger partial charge in [0.25, 0.3) is 0 Å². The molecule has 0 spiro atoms. The summed E-state index contributed by atoms with van der Waals surface area (Å²) in [6.45, 7) is 11.5. The molecule has 1 aromatic heterocycles. The zero-order chi connectivity index (χ0) is 15.8. The van der Waals surface area contributed by atoms with Crippen LogP contribution < -0.4 is 11.5 Å². The summed E-state index contributed by atoms with van der Waals surface area (Å²) >= 11 is 0. The predicted molar refractivity (Wildman–Crippen MR) is 91.7 cm³/mol. The first-order valence-corrected chi connectivity index (χ1v) is 10.7. The van der Waals surface area contributed by atoms with Gasteiger partial charge in [0.05, 0.1) is 11.9 Å². The minimum atomic E-state index is -1.70. The van der Waals surface area contributed by atoms with Gasteiger partial charge >= 0.3 is 0 Å². The van der Waals surface area contributed by atoms with Crippen LogP contribution in [0.15, 0.2) is 12.3 Å². The first kappa shape index (κ1) is 16.3. The van der Waals surface area contributed by atoms with Gasteiger partial charge in [-0.2, -0.15) is 0 Å². The van der Waals surface area contributed by atoms with E-state index in [9.17, 15) is 0 Å². The van der Waals surface area contributed by atoms with E-state index in [2.05, 4.69) is 38.8 Å². The third-order valence-corrected chi connectivity index (χ3v) is 9.60. The SMILES string of the molecule is CC(C)(C)[Si](C)(C)O[C@H]1CC[C@H](c2cc(N)cnc2N)C1. The molecule has 0 radical (unpaired) electrons. The Morgan fingerprint density at radius 2 is 1.90 bits per heavy atom. The second kappa shape index (κ2) is 5.61. The van der Waals surface area contributed by atoms with Crippen LogP contribution in [0.25, 0.3) is 0 Å². The molecule has 0 bridgehead atoms. The molecular formula is C16H29N3OSi. The van der Waals surface area contributed by atoms with Crippen LogP contribution in [0.1, 0.15) is 51.5 Å². The van der Waals surface area contributed by atoms with Crippen molar-refractivity contribution in [3.63, 3.8) is 0 Å². The topological polar surface area (TPSA) is 74.2 Å². The molecule has 1 aromatic rings. The highest BCUT2D eigenvalue weighted by molar-refractivity contribution is 6.74. The number of nitrogen functional groups attached to an aromatic ring is 2. The molecule has 0 aliphatic heterocycles. The summed E-state index contributed by atoms with van der Waals surface area (Å²) < 4.78 is 6.53. The van der Waals surface area contributed by atoms with Gasteiger partial charge in [-0.05, 0) is 54.9 Å². The largest absolute Gasteiger partial charge is 0.414 e. The van der Waals surface area contributed by atoms with E-state index in [1.807, 2.05) is 6.07 Å². The number of nitrogens with two attached hydrogens (primary N) is 2. The molecule has 118 valence electrons. The summed E-state index contributed by atoms with van der Waals surface area (Å²) in [5.41, 5.74) is 13.6. The van der Waals surface area contributed by atoms with Crippen molar-refractivity contribution in [2.24, 2.45) is 0 Å². The quantitative estimate of drug-likeness (QED) is 0.830. The molecule has 0 aromatic carbocycles. The lowest BCUT2D eigenvalue weighted by Crippen LogP contribution is -2.43. The lowest BCUT2D eigenvalue weighted by atomic mass is 9.98. The number of pyridine rings is 1. The fraction of sp³-hybridized carbons (Fsp3) is 0.688. The number of rotatable bonds is 3. The number of anilines is 2. The van der Waals surface area contributed by atoms with Gasteiger partial charge in [-0.25, -0.2) is 4.98 Å². The van der Waals surface area contributed by atoms with Gasteiger partial charge in [0.1, 0.15) is 5.82 Å². The molecule has 2 atom stereocenters. The summed E-state index contributed by atoms with van der Waals surface area (Å²) in [5.74, 6) is 1.04. The Balaban J connectivity index is 2.06. The highest BCUT2D eigenvalue weighted by Crippen LogP contribution is 2.43. The summed E-state index contributed by atoms with van der Waals surface area (Å²) in [6, 6.07) is 1.97. The molecule has 0 saturated heterocycles. The van der Waals surface area contributed by atoms with Crippen LogP contribution >= 0.6 is 0 Å². The molecular weight excluding hydrogens is 278 g/mol. The fourth-order valence-corrected chi connectivity index (χ4v) is 4.16. The van der Waals surface area contributed by atoms with E-state index in [0.717, 1.165) is 24.8 Å². The second-order valence-electron chi connectivity index (χ2n) is 7.75. The van der Waals surface area contributed by atoms with Crippen LogP contribution in [0.2, 0.25) is 18.1 Å². The molecule has 2 rings (SSSR count). The second-order valence-corrected chi connectivity index (χ2v) is 12.5. The Kier molecular flexibility index (Phi) is 4.35. The maximum atomic E-state index is 6.53. The lowest BCUT2D eigenvalue weighted by molar-refractivity contribution is 0.186. The van der Waals surface area contributed by atoms with E-state index < -0.39 is 8.32 Å². The smallest absolute Gasteiger partial charge is 0.192 e. The molecule has 5 heteroatoms. The molecule has 1 fully saturated rings.